The lowest BCUT2D eigenvalue weighted by Gasteiger charge is -2.37. The first-order valence-electron chi connectivity index (χ1n) is 9.15. The fraction of sp³-hybridized carbons (Fsp3) is 0.700. The van der Waals surface area contributed by atoms with Gasteiger partial charge in [-0.2, -0.15) is 0 Å². The monoisotopic (exact) mass is 350 g/mol. The Morgan fingerprint density at radius 2 is 1.71 bits per heavy atom. The highest BCUT2D eigenvalue weighted by Gasteiger charge is 2.37. The van der Waals surface area contributed by atoms with Crippen LogP contribution in [0.4, 0.5) is 0 Å². The summed E-state index contributed by atoms with van der Waals surface area (Å²) in [5.41, 5.74) is 1.24. The van der Waals surface area contributed by atoms with Crippen molar-refractivity contribution in [3.8, 4) is 0 Å². The van der Waals surface area contributed by atoms with Gasteiger partial charge in [-0.05, 0) is 42.5 Å². The Morgan fingerprint density at radius 3 is 2.33 bits per heavy atom. The van der Waals surface area contributed by atoms with Crippen molar-refractivity contribution in [3.05, 3.63) is 35.9 Å². The number of hydrogen-bond donors (Lipinski definition) is 0. The van der Waals surface area contributed by atoms with Crippen LogP contribution in [-0.2, 0) is 20.5 Å². The molecule has 136 valence electrons. The van der Waals surface area contributed by atoms with Crippen molar-refractivity contribution >= 4 is 8.32 Å². The molecular weight excluding hydrogens is 316 g/mol. The maximum Gasteiger partial charge on any atom is 0.192 e. The molecule has 24 heavy (non-hydrogen) atoms. The van der Waals surface area contributed by atoms with Crippen LogP contribution in [0.15, 0.2) is 30.3 Å². The van der Waals surface area contributed by atoms with Gasteiger partial charge in [-0.25, -0.2) is 0 Å². The third-order valence-electron chi connectivity index (χ3n) is 5.36. The zero-order chi connectivity index (χ0) is 17.6. The minimum Gasteiger partial charge on any atom is -0.414 e. The Kier molecular flexibility index (Phi) is 7.05. The Balaban J connectivity index is 1.50. The molecule has 0 bridgehead atoms. The second-order valence-corrected chi connectivity index (χ2v) is 13.2. The quantitative estimate of drug-likeness (QED) is 0.462. The highest BCUT2D eigenvalue weighted by molar-refractivity contribution is 6.74. The molecule has 0 N–H and O–H groups in total. The molecule has 0 aliphatic heterocycles. The Hall–Kier alpha value is -0.683. The summed E-state index contributed by atoms with van der Waals surface area (Å²) >= 11 is 0. The van der Waals surface area contributed by atoms with E-state index in [1.807, 2.05) is 6.07 Å². The molecule has 0 amide bonds. The standard InChI is InChI=1S/C20H34O3Si/c1-20(2,3)24(4,5)23-12-11-22-19-13-18(14-19)16-21-15-17-9-7-6-8-10-17/h6-10,18-19H,11-16H2,1-5H3. The highest BCUT2D eigenvalue weighted by Crippen LogP contribution is 2.36. The SMILES string of the molecule is CC(C)(C)[Si](C)(C)OCCOC1CC(COCc2ccccc2)C1. The lowest BCUT2D eigenvalue weighted by Crippen LogP contribution is -2.42. The molecule has 1 aromatic carbocycles. The molecular formula is C20H34O3Si. The summed E-state index contributed by atoms with van der Waals surface area (Å²) in [6.07, 6.45) is 2.64. The second-order valence-electron chi connectivity index (χ2n) is 8.44. The molecule has 0 radical (unpaired) electrons. The van der Waals surface area contributed by atoms with E-state index in [1.165, 1.54) is 5.56 Å². The van der Waals surface area contributed by atoms with Crippen LogP contribution in [0.3, 0.4) is 0 Å². The Morgan fingerprint density at radius 1 is 1.04 bits per heavy atom. The first-order chi connectivity index (χ1) is 11.3. The summed E-state index contributed by atoms with van der Waals surface area (Å²) in [6, 6.07) is 10.4. The van der Waals surface area contributed by atoms with Crippen LogP contribution in [0.25, 0.3) is 0 Å². The van der Waals surface area contributed by atoms with Crippen molar-refractivity contribution in [3.63, 3.8) is 0 Å². The van der Waals surface area contributed by atoms with E-state index in [0.717, 1.165) is 32.7 Å². The van der Waals surface area contributed by atoms with E-state index < -0.39 is 8.32 Å². The van der Waals surface area contributed by atoms with Gasteiger partial charge in [0.05, 0.1) is 32.5 Å². The van der Waals surface area contributed by atoms with Crippen molar-refractivity contribution in [2.75, 3.05) is 19.8 Å². The fourth-order valence-corrected chi connectivity index (χ4v) is 3.62. The van der Waals surface area contributed by atoms with Gasteiger partial charge in [-0.1, -0.05) is 51.1 Å². The van der Waals surface area contributed by atoms with Gasteiger partial charge in [0.1, 0.15) is 0 Å². The first-order valence-corrected chi connectivity index (χ1v) is 12.1. The number of rotatable bonds is 9. The highest BCUT2D eigenvalue weighted by atomic mass is 28.4. The Bertz CT molecular complexity index is 475. The van der Waals surface area contributed by atoms with Gasteiger partial charge < -0.3 is 13.9 Å². The predicted octanol–water partition coefficient (Wildman–Crippen LogP) is 5.02. The van der Waals surface area contributed by atoms with Crippen LogP contribution < -0.4 is 0 Å². The molecule has 2 rings (SSSR count). The smallest absolute Gasteiger partial charge is 0.192 e. The van der Waals surface area contributed by atoms with Gasteiger partial charge >= 0.3 is 0 Å². The molecule has 1 aliphatic carbocycles. The number of hydrogen-bond acceptors (Lipinski definition) is 3. The summed E-state index contributed by atoms with van der Waals surface area (Å²) in [6.45, 7) is 14.4. The van der Waals surface area contributed by atoms with Gasteiger partial charge in [0.15, 0.2) is 8.32 Å². The van der Waals surface area contributed by atoms with E-state index in [0.29, 0.717) is 18.6 Å². The predicted molar refractivity (Wildman–Crippen MR) is 102 cm³/mol. The van der Waals surface area contributed by atoms with Crippen molar-refractivity contribution in [2.45, 2.75) is 64.5 Å². The molecule has 1 aromatic rings. The van der Waals surface area contributed by atoms with Crippen molar-refractivity contribution in [1.29, 1.82) is 0 Å². The van der Waals surface area contributed by atoms with Gasteiger partial charge in [0.25, 0.3) is 0 Å². The summed E-state index contributed by atoms with van der Waals surface area (Å²) in [7, 11) is -1.63. The minimum atomic E-state index is -1.63. The Labute approximate surface area is 148 Å². The van der Waals surface area contributed by atoms with E-state index in [4.69, 9.17) is 13.9 Å². The van der Waals surface area contributed by atoms with Crippen LogP contribution >= 0.6 is 0 Å². The van der Waals surface area contributed by atoms with Crippen molar-refractivity contribution in [1.82, 2.24) is 0 Å². The zero-order valence-corrected chi connectivity index (χ0v) is 17.0. The first kappa shape index (κ1) is 19.6. The van der Waals surface area contributed by atoms with Gasteiger partial charge in [0, 0.05) is 0 Å². The molecule has 1 aliphatic rings. The molecule has 0 spiro atoms. The third-order valence-corrected chi connectivity index (χ3v) is 9.90. The van der Waals surface area contributed by atoms with E-state index >= 15 is 0 Å². The molecule has 1 saturated carbocycles. The van der Waals surface area contributed by atoms with Crippen molar-refractivity contribution < 1.29 is 13.9 Å². The summed E-state index contributed by atoms with van der Waals surface area (Å²) in [5, 5.41) is 0.269. The maximum absolute atomic E-state index is 6.14. The number of ether oxygens (including phenoxy) is 2. The van der Waals surface area contributed by atoms with Gasteiger partial charge in [-0.3, -0.25) is 0 Å². The van der Waals surface area contributed by atoms with Crippen LogP contribution in [0.2, 0.25) is 18.1 Å². The number of benzene rings is 1. The van der Waals surface area contributed by atoms with Crippen LogP contribution in [0.1, 0.15) is 39.2 Å². The molecule has 3 nitrogen and oxygen atoms in total. The van der Waals surface area contributed by atoms with Crippen molar-refractivity contribution in [2.24, 2.45) is 5.92 Å². The molecule has 0 aromatic heterocycles. The van der Waals surface area contributed by atoms with Crippen LogP contribution in [-0.4, -0.2) is 34.2 Å². The minimum absolute atomic E-state index is 0.269. The second kappa shape index (κ2) is 8.61. The van der Waals surface area contributed by atoms with Gasteiger partial charge in [-0.15, -0.1) is 0 Å². The summed E-state index contributed by atoms with van der Waals surface area (Å²) in [4.78, 5) is 0. The largest absolute Gasteiger partial charge is 0.414 e. The van der Waals surface area contributed by atoms with Crippen LogP contribution in [0, 0.1) is 5.92 Å². The summed E-state index contributed by atoms with van der Waals surface area (Å²) in [5.74, 6) is 0.653. The van der Waals surface area contributed by atoms with Gasteiger partial charge in [0.2, 0.25) is 0 Å². The molecule has 1 fully saturated rings. The fourth-order valence-electron chi connectivity index (χ4n) is 2.59. The molecule has 0 atom stereocenters. The lowest BCUT2D eigenvalue weighted by molar-refractivity contribution is -0.0652. The molecule has 4 heteroatoms. The summed E-state index contributed by atoms with van der Waals surface area (Å²) < 4.78 is 17.9. The van der Waals surface area contributed by atoms with Crippen LogP contribution in [0.5, 0.6) is 0 Å². The van der Waals surface area contributed by atoms with E-state index in [9.17, 15) is 0 Å². The normalized spacial score (nSPS) is 21.5. The van der Waals surface area contributed by atoms with E-state index in [1.54, 1.807) is 0 Å². The topological polar surface area (TPSA) is 27.7 Å². The average Bonchev–Trinajstić information content (AvgIpc) is 2.47. The molecule has 0 saturated heterocycles. The average molecular weight is 351 g/mol. The zero-order valence-electron chi connectivity index (χ0n) is 16.0. The lowest BCUT2D eigenvalue weighted by atomic mass is 9.83. The van der Waals surface area contributed by atoms with E-state index in [2.05, 4.69) is 58.1 Å². The maximum atomic E-state index is 6.14. The molecule has 0 heterocycles. The third kappa shape index (κ3) is 5.99. The van der Waals surface area contributed by atoms with E-state index in [-0.39, 0.29) is 5.04 Å². The molecule has 0 unspecified atom stereocenters.